The fourth-order valence-corrected chi connectivity index (χ4v) is 5.74. The Balaban J connectivity index is 1.59. The standard InChI is InChI=1S/C34H31NO5/c1-36-27-18-17-23-25-16-15-24-26(31(25)35-34(40-5)30(23)32(27)38-3)19-28(37-2)33(39-4)29(24)22-13-11-21(12-14-22)20-9-7-6-8-10-20/h6-19,34-35H,1-5H3. The summed E-state index contributed by atoms with van der Waals surface area (Å²) in [6.45, 7) is 0. The van der Waals surface area contributed by atoms with E-state index in [1.54, 1.807) is 35.5 Å². The summed E-state index contributed by atoms with van der Waals surface area (Å²) >= 11 is 0. The molecule has 40 heavy (non-hydrogen) atoms. The topological polar surface area (TPSA) is 58.2 Å². The largest absolute Gasteiger partial charge is 0.493 e. The third kappa shape index (κ3) is 4.00. The fourth-order valence-electron chi connectivity index (χ4n) is 5.74. The number of anilines is 1. The van der Waals surface area contributed by atoms with Crippen molar-refractivity contribution in [2.75, 3.05) is 40.9 Å². The van der Waals surface area contributed by atoms with Crippen molar-refractivity contribution in [1.82, 2.24) is 0 Å². The lowest BCUT2D eigenvalue weighted by Gasteiger charge is -2.32. The number of hydrogen-bond acceptors (Lipinski definition) is 6. The Labute approximate surface area is 234 Å². The molecule has 1 aliphatic heterocycles. The van der Waals surface area contributed by atoms with Crippen LogP contribution in [0, 0.1) is 0 Å². The highest BCUT2D eigenvalue weighted by atomic mass is 16.5. The van der Waals surface area contributed by atoms with E-state index >= 15 is 0 Å². The van der Waals surface area contributed by atoms with Crippen LogP contribution in [0.2, 0.25) is 0 Å². The van der Waals surface area contributed by atoms with Crippen molar-refractivity contribution < 1.29 is 23.7 Å². The van der Waals surface area contributed by atoms with E-state index in [9.17, 15) is 0 Å². The average Bonchev–Trinajstić information content (AvgIpc) is 3.02. The number of methoxy groups -OCH3 is 5. The van der Waals surface area contributed by atoms with Crippen LogP contribution >= 0.6 is 0 Å². The van der Waals surface area contributed by atoms with Crippen molar-refractivity contribution in [2.45, 2.75) is 6.23 Å². The van der Waals surface area contributed by atoms with E-state index in [4.69, 9.17) is 23.7 Å². The van der Waals surface area contributed by atoms with Gasteiger partial charge in [-0.3, -0.25) is 0 Å². The first-order chi connectivity index (χ1) is 19.6. The summed E-state index contributed by atoms with van der Waals surface area (Å²) in [5, 5.41) is 5.65. The van der Waals surface area contributed by atoms with Crippen molar-refractivity contribution in [3.63, 3.8) is 0 Å². The Morgan fingerprint density at radius 3 is 1.85 bits per heavy atom. The summed E-state index contributed by atoms with van der Waals surface area (Å²) in [5.41, 5.74) is 8.22. The van der Waals surface area contributed by atoms with Crippen LogP contribution in [0.5, 0.6) is 23.0 Å². The Morgan fingerprint density at radius 1 is 0.550 bits per heavy atom. The van der Waals surface area contributed by atoms with Gasteiger partial charge < -0.3 is 29.0 Å². The minimum Gasteiger partial charge on any atom is -0.493 e. The molecule has 0 saturated heterocycles. The maximum absolute atomic E-state index is 5.94. The maximum atomic E-state index is 5.94. The molecule has 0 radical (unpaired) electrons. The van der Waals surface area contributed by atoms with E-state index in [1.807, 2.05) is 18.2 Å². The van der Waals surface area contributed by atoms with E-state index in [0.29, 0.717) is 23.0 Å². The van der Waals surface area contributed by atoms with Gasteiger partial charge >= 0.3 is 0 Å². The van der Waals surface area contributed by atoms with Gasteiger partial charge in [-0.05, 0) is 45.8 Å². The molecule has 0 saturated carbocycles. The van der Waals surface area contributed by atoms with Gasteiger partial charge in [0.25, 0.3) is 0 Å². The van der Waals surface area contributed by atoms with Crippen molar-refractivity contribution in [3.8, 4) is 56.4 Å². The Hall–Kier alpha value is -4.68. The highest BCUT2D eigenvalue weighted by molar-refractivity contribution is 6.11. The molecule has 0 bridgehead atoms. The van der Waals surface area contributed by atoms with E-state index in [2.05, 4.69) is 72.0 Å². The molecule has 202 valence electrons. The summed E-state index contributed by atoms with van der Waals surface area (Å²) in [5.74, 6) is 2.64. The Kier molecular flexibility index (Phi) is 6.70. The summed E-state index contributed by atoms with van der Waals surface area (Å²) in [7, 11) is 8.31. The Bertz CT molecular complexity index is 1700. The maximum Gasteiger partial charge on any atom is 0.169 e. The number of ether oxygens (including phenoxy) is 5. The van der Waals surface area contributed by atoms with Crippen LogP contribution in [-0.4, -0.2) is 35.5 Å². The van der Waals surface area contributed by atoms with Crippen molar-refractivity contribution in [3.05, 3.63) is 90.5 Å². The second-order valence-electron chi connectivity index (χ2n) is 9.54. The zero-order valence-corrected chi connectivity index (χ0v) is 23.2. The van der Waals surface area contributed by atoms with Gasteiger partial charge in [0.15, 0.2) is 29.2 Å². The van der Waals surface area contributed by atoms with Gasteiger partial charge in [-0.2, -0.15) is 0 Å². The number of fused-ring (bicyclic) bond motifs is 5. The first-order valence-corrected chi connectivity index (χ1v) is 13.1. The van der Waals surface area contributed by atoms with Gasteiger partial charge in [0, 0.05) is 23.6 Å². The van der Waals surface area contributed by atoms with Crippen LogP contribution in [0.1, 0.15) is 11.8 Å². The van der Waals surface area contributed by atoms with Gasteiger partial charge in [-0.25, -0.2) is 0 Å². The predicted octanol–water partition coefficient (Wildman–Crippen LogP) is 7.95. The molecule has 1 N–H and O–H groups in total. The highest BCUT2D eigenvalue weighted by Gasteiger charge is 2.31. The lowest BCUT2D eigenvalue weighted by Crippen LogP contribution is -2.20. The molecule has 1 atom stereocenters. The third-order valence-corrected chi connectivity index (χ3v) is 7.59. The lowest BCUT2D eigenvalue weighted by atomic mass is 9.87. The summed E-state index contributed by atoms with van der Waals surface area (Å²) < 4.78 is 29.1. The monoisotopic (exact) mass is 533 g/mol. The van der Waals surface area contributed by atoms with Crippen LogP contribution in [0.25, 0.3) is 44.2 Å². The SMILES string of the molecule is COc1ccc2c(c1OC)C(OC)Nc1c-2ccc2c(-c3ccc(-c4ccccc4)cc3)c(OC)c(OC)cc12. The van der Waals surface area contributed by atoms with Crippen LogP contribution in [-0.2, 0) is 4.74 Å². The quantitative estimate of drug-likeness (QED) is 0.229. The average molecular weight is 534 g/mol. The predicted molar refractivity (Wildman–Crippen MR) is 160 cm³/mol. The molecular weight excluding hydrogens is 502 g/mol. The van der Waals surface area contributed by atoms with Gasteiger partial charge in [0.1, 0.15) is 0 Å². The number of hydrogen-bond donors (Lipinski definition) is 1. The minimum absolute atomic E-state index is 0.445. The molecule has 6 nitrogen and oxygen atoms in total. The first-order valence-electron chi connectivity index (χ1n) is 13.1. The second kappa shape index (κ2) is 10.5. The van der Waals surface area contributed by atoms with Crippen LogP contribution in [0.3, 0.4) is 0 Å². The second-order valence-corrected chi connectivity index (χ2v) is 9.54. The summed E-state index contributed by atoms with van der Waals surface area (Å²) in [6.07, 6.45) is -0.445. The first kappa shape index (κ1) is 25.6. The van der Waals surface area contributed by atoms with Crippen molar-refractivity contribution in [1.29, 1.82) is 0 Å². The number of benzene rings is 5. The number of rotatable bonds is 7. The Morgan fingerprint density at radius 2 is 1.20 bits per heavy atom. The molecule has 0 aromatic heterocycles. The van der Waals surface area contributed by atoms with E-state index < -0.39 is 6.23 Å². The smallest absolute Gasteiger partial charge is 0.169 e. The minimum atomic E-state index is -0.445. The molecule has 1 unspecified atom stereocenters. The van der Waals surface area contributed by atoms with E-state index in [1.165, 1.54) is 5.56 Å². The molecule has 0 amide bonds. The van der Waals surface area contributed by atoms with Crippen molar-refractivity contribution >= 4 is 16.5 Å². The van der Waals surface area contributed by atoms with Gasteiger partial charge in [-0.15, -0.1) is 0 Å². The molecule has 5 aromatic rings. The summed E-state index contributed by atoms with van der Waals surface area (Å²) in [6, 6.07) is 29.2. The molecule has 0 aliphatic carbocycles. The van der Waals surface area contributed by atoms with Gasteiger partial charge in [0.05, 0.1) is 39.7 Å². The molecular formula is C34H31NO5. The molecule has 6 heteroatoms. The molecule has 5 aromatic carbocycles. The van der Waals surface area contributed by atoms with Crippen LogP contribution < -0.4 is 24.3 Å². The molecule has 0 spiro atoms. The number of nitrogens with one attached hydrogen (secondary N) is 1. The van der Waals surface area contributed by atoms with Crippen LogP contribution in [0.15, 0.2) is 84.9 Å². The lowest BCUT2D eigenvalue weighted by molar-refractivity contribution is 0.123. The molecule has 6 rings (SSSR count). The van der Waals surface area contributed by atoms with E-state index in [-0.39, 0.29) is 0 Å². The summed E-state index contributed by atoms with van der Waals surface area (Å²) in [4.78, 5) is 0. The van der Waals surface area contributed by atoms with Gasteiger partial charge in [0.2, 0.25) is 0 Å². The van der Waals surface area contributed by atoms with Crippen LogP contribution in [0.4, 0.5) is 5.69 Å². The van der Waals surface area contributed by atoms with E-state index in [0.717, 1.165) is 49.8 Å². The molecule has 1 aliphatic rings. The normalized spacial score (nSPS) is 13.7. The molecule has 0 fully saturated rings. The fraction of sp³-hybridized carbons (Fsp3) is 0.176. The van der Waals surface area contributed by atoms with Crippen molar-refractivity contribution in [2.24, 2.45) is 0 Å². The van der Waals surface area contributed by atoms with Gasteiger partial charge in [-0.1, -0.05) is 66.7 Å². The molecule has 1 heterocycles. The highest BCUT2D eigenvalue weighted by Crippen LogP contribution is 2.53. The zero-order valence-electron chi connectivity index (χ0n) is 23.2. The zero-order chi connectivity index (χ0) is 27.8. The third-order valence-electron chi connectivity index (χ3n) is 7.59.